The van der Waals surface area contributed by atoms with Gasteiger partial charge in [-0.05, 0) is 68.9 Å². The highest BCUT2D eigenvalue weighted by molar-refractivity contribution is 4.91. The lowest BCUT2D eigenvalue weighted by Crippen LogP contribution is -2.45. The Morgan fingerprint density at radius 1 is 1.15 bits per heavy atom. The van der Waals surface area contributed by atoms with E-state index in [1.165, 1.54) is 58.2 Å². The monoisotopic (exact) mass is 280 g/mol. The molecule has 0 aromatic heterocycles. The predicted molar refractivity (Wildman–Crippen MR) is 88.0 cm³/mol. The Balaban J connectivity index is 1.90. The third-order valence-corrected chi connectivity index (χ3v) is 6.22. The number of likely N-dealkylation sites (tertiary alicyclic amines) is 1. The van der Waals surface area contributed by atoms with Crippen molar-refractivity contribution in [3.63, 3.8) is 0 Å². The minimum atomic E-state index is 0.633. The maximum atomic E-state index is 3.75. The van der Waals surface area contributed by atoms with Gasteiger partial charge in [0.2, 0.25) is 0 Å². The first-order valence-corrected chi connectivity index (χ1v) is 9.08. The van der Waals surface area contributed by atoms with Gasteiger partial charge in [-0.2, -0.15) is 0 Å². The molecule has 118 valence electrons. The molecular formula is C18H36N2. The van der Waals surface area contributed by atoms with E-state index < -0.39 is 0 Å². The summed E-state index contributed by atoms with van der Waals surface area (Å²) in [7, 11) is 0. The molecule has 1 aliphatic carbocycles. The largest absolute Gasteiger partial charge is 0.314 e. The summed E-state index contributed by atoms with van der Waals surface area (Å²) in [5.41, 5.74) is 0.633. The summed E-state index contributed by atoms with van der Waals surface area (Å²) >= 11 is 0. The van der Waals surface area contributed by atoms with E-state index in [0.717, 1.165) is 24.4 Å². The van der Waals surface area contributed by atoms with Crippen LogP contribution < -0.4 is 5.32 Å². The third-order valence-electron chi connectivity index (χ3n) is 6.22. The second-order valence-corrected chi connectivity index (χ2v) is 7.53. The van der Waals surface area contributed by atoms with Gasteiger partial charge in [-0.1, -0.05) is 27.7 Å². The SMILES string of the molecule is CCNC1CCC(C)CC1CN1CCC(CC)(CC)C1. The van der Waals surface area contributed by atoms with Gasteiger partial charge in [0, 0.05) is 19.1 Å². The summed E-state index contributed by atoms with van der Waals surface area (Å²) in [5.74, 6) is 1.81. The molecule has 0 radical (unpaired) electrons. The first-order valence-electron chi connectivity index (χ1n) is 9.08. The van der Waals surface area contributed by atoms with E-state index in [2.05, 4.69) is 37.9 Å². The van der Waals surface area contributed by atoms with Gasteiger partial charge in [-0.3, -0.25) is 0 Å². The van der Waals surface area contributed by atoms with Crippen molar-refractivity contribution in [3.8, 4) is 0 Å². The fraction of sp³-hybridized carbons (Fsp3) is 1.00. The lowest BCUT2D eigenvalue weighted by molar-refractivity contribution is 0.148. The first kappa shape index (κ1) is 16.3. The van der Waals surface area contributed by atoms with E-state index in [0.29, 0.717) is 5.41 Å². The molecule has 0 spiro atoms. The van der Waals surface area contributed by atoms with Crippen LogP contribution in [0.3, 0.4) is 0 Å². The van der Waals surface area contributed by atoms with Crippen molar-refractivity contribution in [2.45, 2.75) is 72.3 Å². The van der Waals surface area contributed by atoms with Crippen LogP contribution >= 0.6 is 0 Å². The standard InChI is InChI=1S/C18H36N2/c1-5-18(6-2)10-11-20(14-18)13-16-12-15(4)8-9-17(16)19-7-3/h15-17,19H,5-14H2,1-4H3. The Morgan fingerprint density at radius 3 is 2.50 bits per heavy atom. The highest BCUT2D eigenvalue weighted by Crippen LogP contribution is 2.38. The number of rotatable bonds is 6. The first-order chi connectivity index (χ1) is 9.62. The molecule has 1 saturated carbocycles. The topological polar surface area (TPSA) is 15.3 Å². The minimum Gasteiger partial charge on any atom is -0.314 e. The average molecular weight is 280 g/mol. The maximum absolute atomic E-state index is 3.75. The lowest BCUT2D eigenvalue weighted by atomic mass is 9.78. The molecule has 1 N–H and O–H groups in total. The van der Waals surface area contributed by atoms with E-state index in [1.54, 1.807) is 0 Å². The van der Waals surface area contributed by atoms with Crippen molar-refractivity contribution in [2.75, 3.05) is 26.2 Å². The Bertz CT molecular complexity index is 285. The van der Waals surface area contributed by atoms with Crippen LogP contribution in [-0.2, 0) is 0 Å². The Hall–Kier alpha value is -0.0800. The van der Waals surface area contributed by atoms with Gasteiger partial charge in [0.15, 0.2) is 0 Å². The van der Waals surface area contributed by atoms with Crippen molar-refractivity contribution >= 4 is 0 Å². The summed E-state index contributed by atoms with van der Waals surface area (Å²) in [4.78, 5) is 2.78. The van der Waals surface area contributed by atoms with Crippen molar-refractivity contribution < 1.29 is 0 Å². The van der Waals surface area contributed by atoms with Crippen molar-refractivity contribution in [1.82, 2.24) is 10.2 Å². The van der Waals surface area contributed by atoms with Crippen LogP contribution in [0.25, 0.3) is 0 Å². The predicted octanol–water partition coefficient (Wildman–Crippen LogP) is 3.91. The van der Waals surface area contributed by atoms with Crippen molar-refractivity contribution in [2.24, 2.45) is 17.3 Å². The molecule has 0 aromatic rings. The number of hydrogen-bond donors (Lipinski definition) is 1. The molecule has 3 atom stereocenters. The Morgan fingerprint density at radius 2 is 1.90 bits per heavy atom. The summed E-state index contributed by atoms with van der Waals surface area (Å²) in [6.07, 6.45) is 8.38. The quantitative estimate of drug-likeness (QED) is 0.793. The van der Waals surface area contributed by atoms with Crippen LogP contribution in [-0.4, -0.2) is 37.1 Å². The van der Waals surface area contributed by atoms with Crippen LogP contribution in [0.5, 0.6) is 0 Å². The van der Waals surface area contributed by atoms with Crippen molar-refractivity contribution in [1.29, 1.82) is 0 Å². The molecule has 1 heterocycles. The maximum Gasteiger partial charge on any atom is 0.0108 e. The van der Waals surface area contributed by atoms with Crippen LogP contribution in [0.15, 0.2) is 0 Å². The molecule has 0 amide bonds. The van der Waals surface area contributed by atoms with E-state index in [9.17, 15) is 0 Å². The smallest absolute Gasteiger partial charge is 0.0108 e. The van der Waals surface area contributed by atoms with E-state index >= 15 is 0 Å². The Kier molecular flexibility index (Phi) is 5.92. The van der Waals surface area contributed by atoms with Crippen LogP contribution in [0.2, 0.25) is 0 Å². The van der Waals surface area contributed by atoms with Gasteiger partial charge in [0.25, 0.3) is 0 Å². The minimum absolute atomic E-state index is 0.633. The zero-order valence-electron chi connectivity index (χ0n) is 14.3. The normalized spacial score (nSPS) is 34.5. The van der Waals surface area contributed by atoms with Crippen molar-refractivity contribution in [3.05, 3.63) is 0 Å². The fourth-order valence-corrected chi connectivity index (χ4v) is 4.57. The van der Waals surface area contributed by atoms with E-state index in [1.807, 2.05) is 0 Å². The zero-order chi connectivity index (χ0) is 14.6. The highest BCUT2D eigenvalue weighted by Gasteiger charge is 2.37. The van der Waals surface area contributed by atoms with Crippen LogP contribution in [0, 0.1) is 17.3 Å². The molecular weight excluding hydrogens is 244 g/mol. The second-order valence-electron chi connectivity index (χ2n) is 7.53. The molecule has 20 heavy (non-hydrogen) atoms. The number of hydrogen-bond acceptors (Lipinski definition) is 2. The summed E-state index contributed by atoms with van der Waals surface area (Å²) in [5, 5.41) is 3.75. The molecule has 2 fully saturated rings. The number of nitrogens with one attached hydrogen (secondary N) is 1. The Labute approximate surface area is 126 Å². The highest BCUT2D eigenvalue weighted by atomic mass is 15.2. The molecule has 2 aliphatic rings. The van der Waals surface area contributed by atoms with Gasteiger partial charge in [0.1, 0.15) is 0 Å². The van der Waals surface area contributed by atoms with Gasteiger partial charge >= 0.3 is 0 Å². The van der Waals surface area contributed by atoms with Gasteiger partial charge < -0.3 is 10.2 Å². The summed E-state index contributed by atoms with van der Waals surface area (Å²) in [6.45, 7) is 14.6. The fourth-order valence-electron chi connectivity index (χ4n) is 4.57. The van der Waals surface area contributed by atoms with Crippen LogP contribution in [0.4, 0.5) is 0 Å². The molecule has 1 aliphatic heterocycles. The zero-order valence-corrected chi connectivity index (χ0v) is 14.3. The van der Waals surface area contributed by atoms with E-state index in [4.69, 9.17) is 0 Å². The van der Waals surface area contributed by atoms with Gasteiger partial charge in [0.05, 0.1) is 0 Å². The lowest BCUT2D eigenvalue weighted by Gasteiger charge is -2.38. The third kappa shape index (κ3) is 3.76. The molecule has 2 heteroatoms. The molecule has 0 bridgehead atoms. The van der Waals surface area contributed by atoms with Crippen LogP contribution in [0.1, 0.15) is 66.2 Å². The van der Waals surface area contributed by atoms with E-state index in [-0.39, 0.29) is 0 Å². The van der Waals surface area contributed by atoms with Gasteiger partial charge in [-0.15, -0.1) is 0 Å². The second kappa shape index (κ2) is 7.26. The molecule has 0 aromatic carbocycles. The number of nitrogens with zero attached hydrogens (tertiary/aromatic N) is 1. The summed E-state index contributed by atoms with van der Waals surface area (Å²) < 4.78 is 0. The molecule has 2 nitrogen and oxygen atoms in total. The molecule has 3 unspecified atom stereocenters. The molecule has 1 saturated heterocycles. The van der Waals surface area contributed by atoms with Gasteiger partial charge in [-0.25, -0.2) is 0 Å². The summed E-state index contributed by atoms with van der Waals surface area (Å²) in [6, 6.07) is 0.773. The molecule has 2 rings (SSSR count). The average Bonchev–Trinajstić information content (AvgIpc) is 2.86.